The Kier molecular flexibility index (Phi) is 2.95. The van der Waals surface area contributed by atoms with Crippen LogP contribution in [-0.2, 0) is 0 Å². The summed E-state index contributed by atoms with van der Waals surface area (Å²) in [6, 6.07) is 9.16. The number of aromatic nitrogens is 2. The van der Waals surface area contributed by atoms with E-state index in [0.29, 0.717) is 15.9 Å². The van der Waals surface area contributed by atoms with E-state index in [1.807, 2.05) is 31.2 Å². The van der Waals surface area contributed by atoms with Crippen molar-refractivity contribution in [2.24, 2.45) is 0 Å². The lowest BCUT2D eigenvalue weighted by molar-refractivity contribution is 0.0699. The van der Waals surface area contributed by atoms with Gasteiger partial charge in [-0.05, 0) is 36.2 Å². The summed E-state index contributed by atoms with van der Waals surface area (Å²) in [5.41, 5.74) is 3.50. The Morgan fingerprint density at radius 3 is 2.80 bits per heavy atom. The van der Waals surface area contributed by atoms with Crippen molar-refractivity contribution in [2.75, 3.05) is 0 Å². The molecule has 0 aliphatic rings. The van der Waals surface area contributed by atoms with E-state index in [1.54, 1.807) is 6.07 Å². The topological polar surface area (TPSA) is 66.0 Å². The predicted octanol–water partition coefficient (Wildman–Crippen LogP) is 3.89. The van der Waals surface area contributed by atoms with Gasteiger partial charge in [-0.25, -0.2) is 4.79 Å². The van der Waals surface area contributed by atoms with Gasteiger partial charge in [-0.15, -0.1) is 0 Å². The number of aromatic amines is 1. The molecule has 3 rings (SSSR count). The highest BCUT2D eigenvalue weighted by Gasteiger charge is 2.14. The summed E-state index contributed by atoms with van der Waals surface area (Å²) >= 11 is 6.25. The molecule has 0 unspecified atom stereocenters. The molecular formula is C15H11ClN2O2. The van der Waals surface area contributed by atoms with Gasteiger partial charge in [-0.1, -0.05) is 23.7 Å². The van der Waals surface area contributed by atoms with E-state index in [4.69, 9.17) is 11.6 Å². The molecule has 1 heterocycles. The summed E-state index contributed by atoms with van der Waals surface area (Å²) in [6.45, 7) is 1.95. The molecule has 0 saturated carbocycles. The maximum atomic E-state index is 11.4. The number of hydrogen-bond acceptors (Lipinski definition) is 2. The van der Waals surface area contributed by atoms with Gasteiger partial charge in [-0.2, -0.15) is 5.10 Å². The first-order chi connectivity index (χ1) is 9.56. The fourth-order valence-electron chi connectivity index (χ4n) is 2.24. The second kappa shape index (κ2) is 4.65. The standard InChI is InChI=1S/C15H11ClN2O2/c1-8-2-3-10(13(16)4-8)9-5-11(15(19)20)12-7-17-18-14(12)6-9/h2-7H,1H3,(H,17,18)(H,19,20). The van der Waals surface area contributed by atoms with Crippen LogP contribution < -0.4 is 0 Å². The van der Waals surface area contributed by atoms with E-state index in [2.05, 4.69) is 10.2 Å². The molecule has 0 radical (unpaired) electrons. The van der Waals surface area contributed by atoms with Gasteiger partial charge >= 0.3 is 5.97 Å². The van der Waals surface area contributed by atoms with Gasteiger partial charge in [0.2, 0.25) is 0 Å². The molecule has 5 heteroatoms. The predicted molar refractivity (Wildman–Crippen MR) is 78.2 cm³/mol. The third-order valence-corrected chi connectivity index (χ3v) is 3.54. The monoisotopic (exact) mass is 286 g/mol. The van der Waals surface area contributed by atoms with E-state index >= 15 is 0 Å². The largest absolute Gasteiger partial charge is 0.478 e. The number of fused-ring (bicyclic) bond motifs is 1. The van der Waals surface area contributed by atoms with Crippen LogP contribution in [0, 0.1) is 6.92 Å². The molecule has 2 N–H and O–H groups in total. The Morgan fingerprint density at radius 2 is 2.10 bits per heavy atom. The summed E-state index contributed by atoms with van der Waals surface area (Å²) in [4.78, 5) is 11.4. The first-order valence-corrected chi connectivity index (χ1v) is 6.41. The van der Waals surface area contributed by atoms with Crippen LogP contribution in [0.25, 0.3) is 22.0 Å². The molecular weight excluding hydrogens is 276 g/mol. The number of halogens is 1. The molecule has 3 aromatic rings. The number of carbonyl (C=O) groups is 1. The molecule has 0 aliphatic heterocycles. The summed E-state index contributed by atoms with van der Waals surface area (Å²) in [5.74, 6) is -0.985. The van der Waals surface area contributed by atoms with Crippen molar-refractivity contribution >= 4 is 28.5 Å². The molecule has 20 heavy (non-hydrogen) atoms. The fraction of sp³-hybridized carbons (Fsp3) is 0.0667. The van der Waals surface area contributed by atoms with Crippen molar-refractivity contribution < 1.29 is 9.90 Å². The van der Waals surface area contributed by atoms with E-state index in [1.165, 1.54) is 6.20 Å². The second-order valence-electron chi connectivity index (χ2n) is 4.64. The Hall–Kier alpha value is -2.33. The SMILES string of the molecule is Cc1ccc(-c2cc(C(=O)O)c3cn[nH]c3c2)c(Cl)c1. The van der Waals surface area contributed by atoms with Crippen molar-refractivity contribution in [2.45, 2.75) is 6.92 Å². The van der Waals surface area contributed by atoms with Crippen LogP contribution in [0.2, 0.25) is 5.02 Å². The number of aryl methyl sites for hydroxylation is 1. The van der Waals surface area contributed by atoms with E-state index in [9.17, 15) is 9.90 Å². The van der Waals surface area contributed by atoms with E-state index in [-0.39, 0.29) is 5.56 Å². The Bertz CT molecular complexity index is 824. The summed E-state index contributed by atoms with van der Waals surface area (Å²) in [7, 11) is 0. The lowest BCUT2D eigenvalue weighted by Crippen LogP contribution is -1.97. The molecule has 0 aliphatic carbocycles. The third-order valence-electron chi connectivity index (χ3n) is 3.22. The number of carboxylic acid groups (broad SMARTS) is 1. The quantitative estimate of drug-likeness (QED) is 0.751. The van der Waals surface area contributed by atoms with Gasteiger partial charge in [-0.3, -0.25) is 5.10 Å². The zero-order chi connectivity index (χ0) is 14.3. The van der Waals surface area contributed by atoms with Crippen molar-refractivity contribution in [3.05, 3.63) is 52.7 Å². The molecule has 2 aromatic carbocycles. The normalized spacial score (nSPS) is 10.9. The number of rotatable bonds is 2. The number of carboxylic acids is 1. The van der Waals surface area contributed by atoms with Gasteiger partial charge in [0.05, 0.1) is 17.3 Å². The zero-order valence-corrected chi connectivity index (χ0v) is 11.4. The number of nitrogens with one attached hydrogen (secondary N) is 1. The van der Waals surface area contributed by atoms with Crippen molar-refractivity contribution in [1.29, 1.82) is 0 Å². The second-order valence-corrected chi connectivity index (χ2v) is 5.05. The van der Waals surface area contributed by atoms with Crippen LogP contribution in [0.4, 0.5) is 0 Å². The highest BCUT2D eigenvalue weighted by molar-refractivity contribution is 6.33. The van der Waals surface area contributed by atoms with Gasteiger partial charge < -0.3 is 5.11 Å². The van der Waals surface area contributed by atoms with Crippen molar-refractivity contribution in [1.82, 2.24) is 10.2 Å². The van der Waals surface area contributed by atoms with Crippen molar-refractivity contribution in [3.8, 4) is 11.1 Å². The van der Waals surface area contributed by atoms with Gasteiger partial charge in [0.25, 0.3) is 0 Å². The average molecular weight is 287 g/mol. The number of benzene rings is 2. The van der Waals surface area contributed by atoms with E-state index < -0.39 is 5.97 Å². The molecule has 0 bridgehead atoms. The van der Waals surface area contributed by atoms with Crippen LogP contribution in [0.5, 0.6) is 0 Å². The maximum Gasteiger partial charge on any atom is 0.336 e. The molecule has 0 atom stereocenters. The van der Waals surface area contributed by atoms with Crippen molar-refractivity contribution in [3.63, 3.8) is 0 Å². The third kappa shape index (κ3) is 2.04. The molecule has 0 saturated heterocycles. The number of hydrogen-bond donors (Lipinski definition) is 2. The van der Waals surface area contributed by atoms with Crippen LogP contribution in [0.15, 0.2) is 36.5 Å². The lowest BCUT2D eigenvalue weighted by Gasteiger charge is -2.07. The average Bonchev–Trinajstić information content (AvgIpc) is 2.85. The summed E-state index contributed by atoms with van der Waals surface area (Å²) in [6.07, 6.45) is 1.51. The molecule has 0 spiro atoms. The molecule has 1 aromatic heterocycles. The van der Waals surface area contributed by atoms with Crippen LogP contribution in [-0.4, -0.2) is 21.3 Å². The number of H-pyrrole nitrogens is 1. The highest BCUT2D eigenvalue weighted by Crippen LogP contribution is 2.32. The lowest BCUT2D eigenvalue weighted by atomic mass is 9.99. The Morgan fingerprint density at radius 1 is 1.30 bits per heavy atom. The smallest absolute Gasteiger partial charge is 0.336 e. The number of aromatic carboxylic acids is 1. The minimum absolute atomic E-state index is 0.211. The minimum atomic E-state index is -0.985. The maximum absolute atomic E-state index is 11.4. The van der Waals surface area contributed by atoms with Gasteiger partial charge in [0, 0.05) is 16.0 Å². The van der Waals surface area contributed by atoms with Crippen LogP contribution in [0.1, 0.15) is 15.9 Å². The molecule has 0 fully saturated rings. The minimum Gasteiger partial charge on any atom is -0.478 e. The molecule has 0 amide bonds. The summed E-state index contributed by atoms with van der Waals surface area (Å²) < 4.78 is 0. The molecule has 100 valence electrons. The van der Waals surface area contributed by atoms with Gasteiger partial charge in [0.15, 0.2) is 0 Å². The zero-order valence-electron chi connectivity index (χ0n) is 10.6. The van der Waals surface area contributed by atoms with Crippen LogP contribution >= 0.6 is 11.6 Å². The Balaban J connectivity index is 2.28. The van der Waals surface area contributed by atoms with Crippen LogP contribution in [0.3, 0.4) is 0 Å². The first kappa shape index (κ1) is 12.7. The Labute approximate surface area is 120 Å². The summed E-state index contributed by atoms with van der Waals surface area (Å²) in [5, 5.41) is 17.2. The van der Waals surface area contributed by atoms with E-state index in [0.717, 1.165) is 16.7 Å². The highest BCUT2D eigenvalue weighted by atomic mass is 35.5. The van der Waals surface area contributed by atoms with Gasteiger partial charge in [0.1, 0.15) is 0 Å². The molecule has 4 nitrogen and oxygen atoms in total. The fourth-order valence-corrected chi connectivity index (χ4v) is 2.58. The first-order valence-electron chi connectivity index (χ1n) is 6.03. The number of nitrogens with zero attached hydrogens (tertiary/aromatic N) is 1.